The zero-order chi connectivity index (χ0) is 20.1. The maximum atomic E-state index is 12.3. The Morgan fingerprint density at radius 1 is 1.21 bits per heavy atom. The minimum atomic E-state index is -0.403. The van der Waals surface area contributed by atoms with Gasteiger partial charge < -0.3 is 19.5 Å². The quantitative estimate of drug-likeness (QED) is 0.714. The van der Waals surface area contributed by atoms with Crippen LogP contribution in [0.5, 0.6) is 11.5 Å². The predicted molar refractivity (Wildman–Crippen MR) is 106 cm³/mol. The Morgan fingerprint density at radius 2 is 2.00 bits per heavy atom. The second-order valence-electron chi connectivity index (χ2n) is 6.23. The summed E-state index contributed by atoms with van der Waals surface area (Å²) in [5.74, 6) is 0.802. The Balaban J connectivity index is 1.62. The van der Waals surface area contributed by atoms with E-state index < -0.39 is 6.03 Å². The first-order chi connectivity index (χ1) is 13.5. The molecule has 1 aromatic carbocycles. The number of fused-ring (bicyclic) bond motifs is 1. The molecule has 0 saturated carbocycles. The number of thiazole rings is 1. The van der Waals surface area contributed by atoms with Crippen LogP contribution >= 0.6 is 11.3 Å². The molecule has 1 unspecified atom stereocenters. The van der Waals surface area contributed by atoms with E-state index in [1.165, 1.54) is 18.4 Å². The maximum Gasteiger partial charge on any atom is 0.325 e. The molecule has 0 spiro atoms. The van der Waals surface area contributed by atoms with Gasteiger partial charge in [0.1, 0.15) is 0 Å². The Labute approximate surface area is 167 Å². The van der Waals surface area contributed by atoms with E-state index in [9.17, 15) is 9.59 Å². The topological polar surface area (TPSA) is 98.8 Å². The van der Waals surface area contributed by atoms with Crippen molar-refractivity contribution in [1.82, 2.24) is 4.98 Å². The van der Waals surface area contributed by atoms with Gasteiger partial charge in [0.15, 0.2) is 16.6 Å². The van der Waals surface area contributed by atoms with E-state index in [2.05, 4.69) is 15.6 Å². The van der Waals surface area contributed by atoms with Crippen molar-refractivity contribution in [2.24, 2.45) is 5.92 Å². The molecule has 150 valence electrons. The monoisotopic (exact) mass is 405 g/mol. The number of methoxy groups -OCH3 is 2. The van der Waals surface area contributed by atoms with Crippen molar-refractivity contribution in [2.75, 3.05) is 31.5 Å². The highest BCUT2D eigenvalue weighted by atomic mass is 32.1. The van der Waals surface area contributed by atoms with E-state index in [1.54, 1.807) is 32.2 Å². The average molecular weight is 405 g/mol. The van der Waals surface area contributed by atoms with Gasteiger partial charge in [0.05, 0.1) is 32.4 Å². The van der Waals surface area contributed by atoms with E-state index in [0.717, 1.165) is 10.6 Å². The Bertz CT molecular complexity index is 867. The van der Waals surface area contributed by atoms with Crippen LogP contribution in [0.4, 0.5) is 15.6 Å². The summed E-state index contributed by atoms with van der Waals surface area (Å²) < 4.78 is 15.5. The largest absolute Gasteiger partial charge is 0.493 e. The molecule has 1 heterocycles. The minimum Gasteiger partial charge on any atom is -0.493 e. The standard InChI is InChI=1S/C19H23N3O5S/c1-4-27-17(23)11-5-7-13-16(9-11)28-19(21-13)22-18(24)20-12-6-8-14(25-2)15(10-12)26-3/h6,8,10-11H,4-5,7,9H2,1-3H3,(H2,20,21,22,24). The smallest absolute Gasteiger partial charge is 0.325 e. The number of hydrogen-bond acceptors (Lipinski definition) is 7. The number of aromatic nitrogens is 1. The number of carbonyl (C=O) groups excluding carboxylic acids is 2. The molecule has 1 aliphatic rings. The molecular weight excluding hydrogens is 382 g/mol. The molecule has 2 amide bonds. The van der Waals surface area contributed by atoms with Crippen LogP contribution in [-0.4, -0.2) is 37.8 Å². The van der Waals surface area contributed by atoms with E-state index in [4.69, 9.17) is 14.2 Å². The van der Waals surface area contributed by atoms with Crippen molar-refractivity contribution in [3.05, 3.63) is 28.8 Å². The third-order valence-corrected chi connectivity index (χ3v) is 5.46. The van der Waals surface area contributed by atoms with Crippen LogP contribution in [0, 0.1) is 5.92 Å². The summed E-state index contributed by atoms with van der Waals surface area (Å²) in [6.45, 7) is 2.19. The van der Waals surface area contributed by atoms with Gasteiger partial charge in [0.25, 0.3) is 0 Å². The van der Waals surface area contributed by atoms with Gasteiger partial charge in [-0.15, -0.1) is 11.3 Å². The number of urea groups is 1. The molecule has 2 aromatic rings. The summed E-state index contributed by atoms with van der Waals surface area (Å²) >= 11 is 1.39. The predicted octanol–water partition coefficient (Wildman–Crippen LogP) is 3.47. The van der Waals surface area contributed by atoms with Crippen LogP contribution in [0.1, 0.15) is 23.9 Å². The Kier molecular flexibility index (Phi) is 6.35. The van der Waals surface area contributed by atoms with Gasteiger partial charge in [0, 0.05) is 16.6 Å². The summed E-state index contributed by atoms with van der Waals surface area (Å²) in [6, 6.07) is 4.71. The first-order valence-corrected chi connectivity index (χ1v) is 9.81. The Morgan fingerprint density at radius 3 is 2.71 bits per heavy atom. The van der Waals surface area contributed by atoms with Crippen molar-refractivity contribution in [3.8, 4) is 11.5 Å². The van der Waals surface area contributed by atoms with Gasteiger partial charge in [-0.2, -0.15) is 0 Å². The van der Waals surface area contributed by atoms with Crippen LogP contribution in [0.25, 0.3) is 0 Å². The fourth-order valence-corrected chi connectivity index (χ4v) is 4.15. The molecule has 0 fully saturated rings. The summed E-state index contributed by atoms with van der Waals surface area (Å²) in [7, 11) is 3.08. The second kappa shape index (κ2) is 8.92. The number of aryl methyl sites for hydroxylation is 1. The number of rotatable bonds is 6. The summed E-state index contributed by atoms with van der Waals surface area (Å²) in [5.41, 5.74) is 1.51. The summed E-state index contributed by atoms with van der Waals surface area (Å²) in [4.78, 5) is 29.8. The van der Waals surface area contributed by atoms with Crippen molar-refractivity contribution < 1.29 is 23.8 Å². The lowest BCUT2D eigenvalue weighted by atomic mass is 9.91. The molecule has 1 aromatic heterocycles. The maximum absolute atomic E-state index is 12.3. The number of benzene rings is 1. The number of esters is 1. The van der Waals surface area contributed by atoms with Gasteiger partial charge in [-0.1, -0.05) is 0 Å². The number of ether oxygens (including phenoxy) is 3. The lowest BCUT2D eigenvalue weighted by Crippen LogP contribution is -2.24. The molecule has 28 heavy (non-hydrogen) atoms. The number of nitrogens with zero attached hydrogens (tertiary/aromatic N) is 1. The summed E-state index contributed by atoms with van der Waals surface area (Å²) in [6.07, 6.45) is 2.02. The van der Waals surface area contributed by atoms with Crippen molar-refractivity contribution in [3.63, 3.8) is 0 Å². The van der Waals surface area contributed by atoms with Crippen LogP contribution in [0.15, 0.2) is 18.2 Å². The third kappa shape index (κ3) is 4.53. The molecule has 2 N–H and O–H groups in total. The minimum absolute atomic E-state index is 0.138. The van der Waals surface area contributed by atoms with Gasteiger partial charge in [-0.3, -0.25) is 10.1 Å². The molecule has 0 aliphatic heterocycles. The number of anilines is 2. The number of carbonyl (C=O) groups is 2. The lowest BCUT2D eigenvalue weighted by molar-refractivity contribution is -0.148. The molecular formula is C19H23N3O5S. The molecule has 1 atom stereocenters. The van der Waals surface area contributed by atoms with E-state index in [1.807, 2.05) is 0 Å². The first-order valence-electron chi connectivity index (χ1n) is 8.99. The number of amides is 2. The normalized spacial score (nSPS) is 15.3. The molecule has 0 saturated heterocycles. The van der Waals surface area contributed by atoms with Crippen LogP contribution in [-0.2, 0) is 22.4 Å². The van der Waals surface area contributed by atoms with Crippen LogP contribution < -0.4 is 20.1 Å². The second-order valence-corrected chi connectivity index (χ2v) is 7.31. The van der Waals surface area contributed by atoms with E-state index in [0.29, 0.717) is 48.2 Å². The average Bonchev–Trinajstić information content (AvgIpc) is 3.09. The third-order valence-electron chi connectivity index (χ3n) is 4.42. The molecule has 3 rings (SSSR count). The zero-order valence-corrected chi connectivity index (χ0v) is 16.9. The highest BCUT2D eigenvalue weighted by Gasteiger charge is 2.28. The molecule has 0 radical (unpaired) electrons. The van der Waals surface area contributed by atoms with E-state index >= 15 is 0 Å². The molecule has 0 bridgehead atoms. The molecule has 9 heteroatoms. The van der Waals surface area contributed by atoms with Crippen molar-refractivity contribution >= 4 is 34.2 Å². The first kappa shape index (κ1) is 19.9. The molecule has 1 aliphatic carbocycles. The van der Waals surface area contributed by atoms with Gasteiger partial charge in [0.2, 0.25) is 0 Å². The van der Waals surface area contributed by atoms with Gasteiger partial charge >= 0.3 is 12.0 Å². The fraction of sp³-hybridized carbons (Fsp3) is 0.421. The number of nitrogens with one attached hydrogen (secondary N) is 2. The molecule has 8 nitrogen and oxygen atoms in total. The highest BCUT2D eigenvalue weighted by molar-refractivity contribution is 7.15. The Hall–Kier alpha value is -2.81. The van der Waals surface area contributed by atoms with Gasteiger partial charge in [-0.05, 0) is 38.3 Å². The van der Waals surface area contributed by atoms with Crippen LogP contribution in [0.2, 0.25) is 0 Å². The van der Waals surface area contributed by atoms with Crippen molar-refractivity contribution in [2.45, 2.75) is 26.2 Å². The lowest BCUT2D eigenvalue weighted by Gasteiger charge is -2.18. The zero-order valence-electron chi connectivity index (χ0n) is 16.0. The van der Waals surface area contributed by atoms with Gasteiger partial charge in [-0.25, -0.2) is 9.78 Å². The van der Waals surface area contributed by atoms with E-state index in [-0.39, 0.29) is 11.9 Å². The summed E-state index contributed by atoms with van der Waals surface area (Å²) in [5, 5.41) is 6.01. The number of hydrogen-bond donors (Lipinski definition) is 2. The van der Waals surface area contributed by atoms with Crippen molar-refractivity contribution in [1.29, 1.82) is 0 Å². The SMILES string of the molecule is CCOC(=O)C1CCc2nc(NC(=O)Nc3ccc(OC)c(OC)c3)sc2C1. The van der Waals surface area contributed by atoms with Crippen LogP contribution in [0.3, 0.4) is 0 Å². The fourth-order valence-electron chi connectivity index (χ4n) is 3.06. The highest BCUT2D eigenvalue weighted by Crippen LogP contribution is 2.33.